The summed E-state index contributed by atoms with van der Waals surface area (Å²) in [6.45, 7) is 0.169. The largest absolute Gasteiger partial charge is 0.465 e. The van der Waals surface area contributed by atoms with E-state index in [0.29, 0.717) is 5.76 Å². The van der Waals surface area contributed by atoms with Gasteiger partial charge in [-0.3, -0.25) is 0 Å². The molecule has 0 bridgehead atoms. The Labute approximate surface area is 62.4 Å². The van der Waals surface area contributed by atoms with Crippen molar-refractivity contribution < 1.29 is 14.4 Å². The van der Waals surface area contributed by atoms with Gasteiger partial charge in [-0.15, -0.1) is 5.10 Å². The van der Waals surface area contributed by atoms with Crippen LogP contribution in [-0.4, -0.2) is 33.5 Å². The molecule has 0 aliphatic rings. The highest BCUT2D eigenvalue weighted by Crippen LogP contribution is 1.98. The molecule has 1 aromatic rings. The lowest BCUT2D eigenvalue weighted by atomic mass is 10.5. The average Bonchev–Trinajstić information content (AvgIpc) is 2.39. The molecule has 1 rings (SSSR count). The van der Waals surface area contributed by atoms with Crippen LogP contribution in [0, 0.1) is 0 Å². The Morgan fingerprint density at radius 1 is 1.91 bits per heavy atom. The van der Waals surface area contributed by atoms with Crippen LogP contribution in [0.15, 0.2) is 10.7 Å². The van der Waals surface area contributed by atoms with Crippen LogP contribution < -0.4 is 0 Å². The Balaban J connectivity index is 2.50. The second-order valence-electron chi connectivity index (χ2n) is 2.02. The molecule has 11 heavy (non-hydrogen) atoms. The number of amides is 1. The van der Waals surface area contributed by atoms with Gasteiger partial charge in [0.25, 0.3) is 0 Å². The lowest BCUT2D eigenvalue weighted by Gasteiger charge is -2.08. The van der Waals surface area contributed by atoms with Crippen molar-refractivity contribution >= 4 is 6.09 Å². The third-order valence-electron chi connectivity index (χ3n) is 1.13. The highest BCUT2D eigenvalue weighted by molar-refractivity contribution is 5.64. The summed E-state index contributed by atoms with van der Waals surface area (Å²) in [6.07, 6.45) is 0.362. The number of nitrogens with zero attached hydrogens (tertiary/aromatic N) is 3. The minimum atomic E-state index is -1.01. The van der Waals surface area contributed by atoms with Crippen LogP contribution in [-0.2, 0) is 6.54 Å². The molecule has 1 N–H and O–H groups in total. The van der Waals surface area contributed by atoms with Gasteiger partial charge in [0.1, 0.15) is 0 Å². The first-order valence-electron chi connectivity index (χ1n) is 2.90. The van der Waals surface area contributed by atoms with Crippen LogP contribution in [0.2, 0.25) is 0 Å². The molecule has 0 saturated carbocycles. The molecule has 0 radical (unpaired) electrons. The molecule has 0 unspecified atom stereocenters. The number of hydrogen-bond donors (Lipinski definition) is 1. The summed E-state index contributed by atoms with van der Waals surface area (Å²) in [5.74, 6) is 0.426. The maximum Gasteiger partial charge on any atom is 0.407 e. The molecule has 6 heteroatoms. The van der Waals surface area contributed by atoms with Crippen molar-refractivity contribution in [2.45, 2.75) is 6.54 Å². The highest BCUT2D eigenvalue weighted by Gasteiger charge is 2.08. The van der Waals surface area contributed by atoms with Crippen LogP contribution in [0.25, 0.3) is 0 Å². The van der Waals surface area contributed by atoms with Crippen molar-refractivity contribution in [2.75, 3.05) is 7.05 Å². The molecule has 60 valence electrons. The topological polar surface area (TPSA) is 79.5 Å². The lowest BCUT2D eigenvalue weighted by Crippen LogP contribution is -2.23. The molecule has 1 aromatic heterocycles. The quantitative estimate of drug-likeness (QED) is 0.662. The fourth-order valence-electron chi connectivity index (χ4n) is 0.559. The van der Waals surface area contributed by atoms with Gasteiger partial charge in [-0.05, 0) is 0 Å². The first-order valence-corrected chi connectivity index (χ1v) is 2.90. The van der Waals surface area contributed by atoms with Crippen molar-refractivity contribution in [2.24, 2.45) is 0 Å². The molecule has 0 spiro atoms. The maximum atomic E-state index is 10.3. The van der Waals surface area contributed by atoms with E-state index in [9.17, 15) is 4.79 Å². The summed E-state index contributed by atoms with van der Waals surface area (Å²) in [5.41, 5.74) is 0. The zero-order valence-corrected chi connectivity index (χ0v) is 5.89. The Morgan fingerprint density at radius 2 is 2.64 bits per heavy atom. The second kappa shape index (κ2) is 3.00. The lowest BCUT2D eigenvalue weighted by molar-refractivity contribution is 0.149. The van der Waals surface area contributed by atoms with Crippen LogP contribution in [0.5, 0.6) is 0 Å². The van der Waals surface area contributed by atoms with Gasteiger partial charge in [-0.1, -0.05) is 0 Å². The number of carboxylic acid groups (broad SMARTS) is 1. The van der Waals surface area contributed by atoms with E-state index in [0.717, 1.165) is 4.90 Å². The first-order chi connectivity index (χ1) is 5.20. The molecule has 0 fully saturated rings. The third-order valence-corrected chi connectivity index (χ3v) is 1.13. The smallest absolute Gasteiger partial charge is 0.407 e. The van der Waals surface area contributed by atoms with Crippen LogP contribution in [0.4, 0.5) is 4.79 Å². The third kappa shape index (κ3) is 1.92. The van der Waals surface area contributed by atoms with E-state index in [1.807, 2.05) is 0 Å². The normalized spacial score (nSPS) is 9.55. The van der Waals surface area contributed by atoms with Crippen molar-refractivity contribution in [1.29, 1.82) is 0 Å². The highest BCUT2D eigenvalue weighted by atomic mass is 16.5. The van der Waals surface area contributed by atoms with Crippen molar-refractivity contribution in [3.05, 3.63) is 12.0 Å². The summed E-state index contributed by atoms with van der Waals surface area (Å²) in [4.78, 5) is 11.3. The standard InChI is InChI=1S/C5H7N3O3/c1-8(5(9)10)3-4-2-6-7-11-4/h2H,3H2,1H3,(H,9,10). The Morgan fingerprint density at radius 3 is 3.09 bits per heavy atom. The van der Waals surface area contributed by atoms with Gasteiger partial charge in [0.15, 0.2) is 5.76 Å². The van der Waals surface area contributed by atoms with E-state index < -0.39 is 6.09 Å². The molecule has 0 aliphatic carbocycles. The Kier molecular flexibility index (Phi) is 2.05. The van der Waals surface area contributed by atoms with E-state index in [1.54, 1.807) is 0 Å². The Bertz CT molecular complexity index is 233. The summed E-state index contributed by atoms with van der Waals surface area (Å²) >= 11 is 0. The van der Waals surface area contributed by atoms with Gasteiger partial charge in [0, 0.05) is 12.3 Å². The molecule has 1 heterocycles. The molecule has 0 aliphatic heterocycles. The van der Waals surface area contributed by atoms with Crippen LogP contribution in [0.1, 0.15) is 5.76 Å². The van der Waals surface area contributed by atoms with Crippen LogP contribution in [0.3, 0.4) is 0 Å². The first kappa shape index (κ1) is 7.52. The monoisotopic (exact) mass is 157 g/mol. The van der Waals surface area contributed by atoms with Gasteiger partial charge in [-0.25, -0.2) is 4.79 Å². The molecular formula is C5H7N3O3. The number of hydrogen-bond acceptors (Lipinski definition) is 4. The fraction of sp³-hybridized carbons (Fsp3) is 0.400. The predicted octanol–water partition coefficient (Wildman–Crippen LogP) is 0.179. The second-order valence-corrected chi connectivity index (χ2v) is 2.02. The Hall–Kier alpha value is -1.59. The summed E-state index contributed by atoms with van der Waals surface area (Å²) in [6, 6.07) is 0. The van der Waals surface area contributed by atoms with Crippen molar-refractivity contribution in [3.63, 3.8) is 0 Å². The van der Waals surface area contributed by atoms with E-state index in [-0.39, 0.29) is 6.54 Å². The molecule has 0 aromatic carbocycles. The number of carbonyl (C=O) groups is 1. The van der Waals surface area contributed by atoms with E-state index in [1.165, 1.54) is 13.2 Å². The molecule has 0 atom stereocenters. The predicted molar refractivity (Wildman–Crippen MR) is 33.8 cm³/mol. The van der Waals surface area contributed by atoms with Crippen LogP contribution >= 0.6 is 0 Å². The number of rotatable bonds is 2. The minimum absolute atomic E-state index is 0.169. The molecule has 6 nitrogen and oxygen atoms in total. The van der Waals surface area contributed by atoms with E-state index in [2.05, 4.69) is 14.9 Å². The summed E-state index contributed by atoms with van der Waals surface area (Å²) in [5, 5.41) is 15.0. The zero-order valence-electron chi connectivity index (χ0n) is 5.89. The maximum absolute atomic E-state index is 10.3. The van der Waals surface area contributed by atoms with Crippen molar-refractivity contribution in [3.8, 4) is 0 Å². The van der Waals surface area contributed by atoms with Gasteiger partial charge < -0.3 is 14.5 Å². The fourth-order valence-corrected chi connectivity index (χ4v) is 0.559. The van der Waals surface area contributed by atoms with Gasteiger partial charge in [-0.2, -0.15) is 0 Å². The SMILES string of the molecule is CN(Cc1cnno1)C(=O)O. The molecule has 0 saturated heterocycles. The average molecular weight is 157 g/mol. The van der Waals surface area contributed by atoms with Gasteiger partial charge in [0.2, 0.25) is 0 Å². The molecular weight excluding hydrogens is 150 g/mol. The zero-order chi connectivity index (χ0) is 8.27. The van der Waals surface area contributed by atoms with Gasteiger partial charge in [0.05, 0.1) is 12.7 Å². The van der Waals surface area contributed by atoms with Crippen molar-refractivity contribution in [1.82, 2.24) is 15.3 Å². The summed E-state index contributed by atoms with van der Waals surface area (Å²) < 4.78 is 4.59. The van der Waals surface area contributed by atoms with E-state index in [4.69, 9.17) is 5.11 Å². The molecule has 1 amide bonds. The van der Waals surface area contributed by atoms with Gasteiger partial charge >= 0.3 is 6.09 Å². The summed E-state index contributed by atoms with van der Waals surface area (Å²) in [7, 11) is 1.44. The minimum Gasteiger partial charge on any atom is -0.465 e. The van der Waals surface area contributed by atoms with E-state index >= 15 is 0 Å². The number of aromatic nitrogens is 2.